The number of carbonyl (C=O) groups excluding carboxylic acids is 1. The highest BCUT2D eigenvalue weighted by Crippen LogP contribution is 2.35. The molecule has 1 N–H and O–H groups in total. The minimum absolute atomic E-state index is 0.0115. The van der Waals surface area contributed by atoms with Gasteiger partial charge in [-0.15, -0.1) is 0 Å². The largest absolute Gasteiger partial charge is 0.349 e. The van der Waals surface area contributed by atoms with E-state index < -0.39 is 5.67 Å². The van der Waals surface area contributed by atoms with Gasteiger partial charge < -0.3 is 5.32 Å². The van der Waals surface area contributed by atoms with Gasteiger partial charge in [0.25, 0.3) is 5.91 Å². The Morgan fingerprint density at radius 3 is 2.93 bits per heavy atom. The lowest BCUT2D eigenvalue weighted by atomic mass is 9.79. The summed E-state index contributed by atoms with van der Waals surface area (Å²) >= 11 is 1.49. The van der Waals surface area contributed by atoms with E-state index >= 15 is 0 Å². The van der Waals surface area contributed by atoms with Crippen molar-refractivity contribution in [2.75, 3.05) is 0 Å². The third kappa shape index (κ3) is 1.95. The third-order valence-electron chi connectivity index (χ3n) is 2.46. The Morgan fingerprint density at radius 1 is 1.71 bits per heavy atom. The Bertz CT molecular complexity index is 326. The smallest absolute Gasteiger partial charge is 0.252 e. The van der Waals surface area contributed by atoms with E-state index in [0.29, 0.717) is 18.4 Å². The third-order valence-corrected chi connectivity index (χ3v) is 3.15. The molecule has 0 aromatic carbocycles. The molecule has 1 aromatic rings. The molecule has 0 atom stereocenters. The molecule has 1 fully saturated rings. The maximum Gasteiger partial charge on any atom is 0.252 e. The molecule has 76 valence electrons. The van der Waals surface area contributed by atoms with E-state index in [1.807, 2.05) is 5.38 Å². The minimum Gasteiger partial charge on any atom is -0.349 e. The van der Waals surface area contributed by atoms with Gasteiger partial charge in [-0.25, -0.2) is 4.39 Å². The Balaban J connectivity index is 1.86. The van der Waals surface area contributed by atoms with Crippen LogP contribution in [0.15, 0.2) is 16.8 Å². The second-order valence-electron chi connectivity index (χ2n) is 4.00. The maximum absolute atomic E-state index is 13.1. The number of thiophene rings is 1. The standard InChI is InChI=1S/C10H12FNOS/c1-10(11)4-8(5-10)12-9(13)7-2-3-14-6-7/h2-3,6,8H,4-5H2,1H3,(H,12,13). The minimum atomic E-state index is -1.08. The summed E-state index contributed by atoms with van der Waals surface area (Å²) < 4.78 is 13.1. The fourth-order valence-corrected chi connectivity index (χ4v) is 2.37. The molecule has 0 aliphatic heterocycles. The van der Waals surface area contributed by atoms with Crippen LogP contribution in [0.5, 0.6) is 0 Å². The van der Waals surface area contributed by atoms with Gasteiger partial charge in [0.15, 0.2) is 0 Å². The number of rotatable bonds is 2. The van der Waals surface area contributed by atoms with Crippen molar-refractivity contribution < 1.29 is 9.18 Å². The number of nitrogens with one attached hydrogen (secondary N) is 1. The van der Waals surface area contributed by atoms with Gasteiger partial charge in [0.2, 0.25) is 0 Å². The monoisotopic (exact) mass is 213 g/mol. The Hall–Kier alpha value is -0.900. The predicted molar refractivity (Wildman–Crippen MR) is 54.3 cm³/mol. The van der Waals surface area contributed by atoms with Crippen molar-refractivity contribution in [1.82, 2.24) is 5.32 Å². The van der Waals surface area contributed by atoms with Crippen LogP contribution in [0.4, 0.5) is 4.39 Å². The summed E-state index contributed by atoms with van der Waals surface area (Å²) in [5, 5.41) is 6.45. The van der Waals surface area contributed by atoms with Crippen molar-refractivity contribution >= 4 is 17.2 Å². The van der Waals surface area contributed by atoms with Crippen molar-refractivity contribution in [3.63, 3.8) is 0 Å². The zero-order valence-electron chi connectivity index (χ0n) is 7.92. The van der Waals surface area contributed by atoms with Crippen LogP contribution in [-0.2, 0) is 0 Å². The molecule has 0 saturated heterocycles. The van der Waals surface area contributed by atoms with Crippen LogP contribution in [0.25, 0.3) is 0 Å². The molecular weight excluding hydrogens is 201 g/mol. The van der Waals surface area contributed by atoms with Crippen molar-refractivity contribution in [1.29, 1.82) is 0 Å². The van der Waals surface area contributed by atoms with Crippen LogP contribution in [0, 0.1) is 0 Å². The lowest BCUT2D eigenvalue weighted by Crippen LogP contribution is -2.51. The van der Waals surface area contributed by atoms with E-state index in [4.69, 9.17) is 0 Å². The first-order valence-corrected chi connectivity index (χ1v) is 5.53. The quantitative estimate of drug-likeness (QED) is 0.802. The topological polar surface area (TPSA) is 29.1 Å². The summed E-state index contributed by atoms with van der Waals surface area (Å²) in [6, 6.07) is 1.78. The molecule has 2 rings (SSSR count). The number of alkyl halides is 1. The van der Waals surface area contributed by atoms with E-state index in [1.165, 1.54) is 11.3 Å². The molecule has 1 aliphatic carbocycles. The summed E-state index contributed by atoms with van der Waals surface area (Å²) in [5.74, 6) is -0.0910. The molecule has 1 aromatic heterocycles. The fraction of sp³-hybridized carbons (Fsp3) is 0.500. The molecule has 4 heteroatoms. The van der Waals surface area contributed by atoms with E-state index in [2.05, 4.69) is 5.32 Å². The highest BCUT2D eigenvalue weighted by molar-refractivity contribution is 7.08. The van der Waals surface area contributed by atoms with E-state index in [9.17, 15) is 9.18 Å². The molecule has 14 heavy (non-hydrogen) atoms. The molecule has 0 unspecified atom stereocenters. The first-order chi connectivity index (χ1) is 6.57. The van der Waals surface area contributed by atoms with E-state index in [0.717, 1.165) is 0 Å². The second-order valence-corrected chi connectivity index (χ2v) is 4.78. The average molecular weight is 213 g/mol. The van der Waals surface area contributed by atoms with E-state index in [-0.39, 0.29) is 11.9 Å². The number of carbonyl (C=O) groups is 1. The maximum atomic E-state index is 13.1. The van der Waals surface area contributed by atoms with Gasteiger partial charge in [0, 0.05) is 29.8 Å². The number of hydrogen-bond acceptors (Lipinski definition) is 2. The second kappa shape index (κ2) is 3.35. The van der Waals surface area contributed by atoms with Crippen molar-refractivity contribution in [3.8, 4) is 0 Å². The van der Waals surface area contributed by atoms with Gasteiger partial charge in [-0.05, 0) is 18.4 Å². The average Bonchev–Trinajstić information content (AvgIpc) is 2.51. The Labute approximate surface area is 86.1 Å². The normalized spacial score (nSPS) is 30.9. The van der Waals surface area contributed by atoms with Gasteiger partial charge in [0.05, 0.1) is 0 Å². The van der Waals surface area contributed by atoms with Crippen molar-refractivity contribution in [2.24, 2.45) is 0 Å². The molecular formula is C10H12FNOS. The molecule has 0 bridgehead atoms. The van der Waals surface area contributed by atoms with Crippen molar-refractivity contribution in [3.05, 3.63) is 22.4 Å². The fourth-order valence-electron chi connectivity index (χ4n) is 1.73. The van der Waals surface area contributed by atoms with Crippen LogP contribution in [-0.4, -0.2) is 17.6 Å². The summed E-state index contributed by atoms with van der Waals surface area (Å²) in [4.78, 5) is 11.5. The molecule has 1 saturated carbocycles. The Kier molecular flexibility index (Phi) is 2.31. The van der Waals surface area contributed by atoms with Gasteiger partial charge in [-0.1, -0.05) is 0 Å². The van der Waals surface area contributed by atoms with Crippen LogP contribution in [0.1, 0.15) is 30.1 Å². The first kappa shape index (κ1) is 9.65. The number of hydrogen-bond donors (Lipinski definition) is 1. The zero-order chi connectivity index (χ0) is 10.2. The van der Waals surface area contributed by atoms with Crippen LogP contribution < -0.4 is 5.32 Å². The molecule has 1 heterocycles. The Morgan fingerprint density at radius 2 is 2.43 bits per heavy atom. The van der Waals surface area contributed by atoms with E-state index in [1.54, 1.807) is 18.4 Å². The van der Waals surface area contributed by atoms with Crippen molar-refractivity contribution in [2.45, 2.75) is 31.5 Å². The zero-order valence-corrected chi connectivity index (χ0v) is 8.73. The molecule has 1 aliphatic rings. The van der Waals surface area contributed by atoms with Crippen LogP contribution in [0.3, 0.4) is 0 Å². The van der Waals surface area contributed by atoms with Crippen LogP contribution in [0.2, 0.25) is 0 Å². The first-order valence-electron chi connectivity index (χ1n) is 4.59. The highest BCUT2D eigenvalue weighted by atomic mass is 32.1. The molecule has 0 radical (unpaired) electrons. The summed E-state index contributed by atoms with van der Waals surface area (Å²) in [6.07, 6.45) is 0.867. The van der Waals surface area contributed by atoms with Gasteiger partial charge in [-0.2, -0.15) is 11.3 Å². The summed E-state index contributed by atoms with van der Waals surface area (Å²) in [7, 11) is 0. The molecule has 2 nitrogen and oxygen atoms in total. The van der Waals surface area contributed by atoms with Gasteiger partial charge >= 0.3 is 0 Å². The number of halogens is 1. The lowest BCUT2D eigenvalue weighted by Gasteiger charge is -2.38. The van der Waals surface area contributed by atoms with Gasteiger partial charge in [-0.3, -0.25) is 4.79 Å². The molecule has 0 spiro atoms. The number of amides is 1. The highest BCUT2D eigenvalue weighted by Gasteiger charge is 2.41. The molecule has 1 amide bonds. The van der Waals surface area contributed by atoms with Crippen LogP contribution >= 0.6 is 11.3 Å². The van der Waals surface area contributed by atoms with Gasteiger partial charge in [0.1, 0.15) is 5.67 Å². The summed E-state index contributed by atoms with van der Waals surface area (Å²) in [5.41, 5.74) is -0.408. The SMILES string of the molecule is CC1(F)CC(NC(=O)c2ccsc2)C1. The summed E-state index contributed by atoms with van der Waals surface area (Å²) in [6.45, 7) is 1.57. The predicted octanol–water partition coefficient (Wildman–Crippen LogP) is 2.37. The lowest BCUT2D eigenvalue weighted by molar-refractivity contribution is 0.0445.